The fourth-order valence-electron chi connectivity index (χ4n) is 1.34. The smallest absolute Gasteiger partial charge is 0.287 e. The fourth-order valence-corrected chi connectivity index (χ4v) is 1.34. The van der Waals surface area contributed by atoms with Crippen molar-refractivity contribution in [3.63, 3.8) is 0 Å². The molecule has 0 atom stereocenters. The molecule has 0 radical (unpaired) electrons. The molecule has 0 aromatic carbocycles. The molecule has 8 nitrogen and oxygen atoms in total. The number of nitrogen functional groups attached to an aromatic ring is 1. The van der Waals surface area contributed by atoms with Gasteiger partial charge in [-0.05, 0) is 21.1 Å². The van der Waals surface area contributed by atoms with E-state index in [1.54, 1.807) is 10.9 Å². The standard InChI is InChI=1S/C10H21N7O/c1-15(2)4-5-16(3)6-7-17-8-9(13-14-17)10(18)12-11/h8H,4-7,11H2,1-3H3,(H,12,18). The number of carbonyl (C=O) groups is 1. The average Bonchev–Trinajstić information content (AvgIpc) is 2.81. The molecule has 1 heterocycles. The number of rotatable bonds is 7. The first-order valence-corrected chi connectivity index (χ1v) is 5.77. The van der Waals surface area contributed by atoms with Gasteiger partial charge < -0.3 is 9.80 Å². The van der Waals surface area contributed by atoms with Crippen molar-refractivity contribution in [3.8, 4) is 0 Å². The molecule has 0 aliphatic heterocycles. The van der Waals surface area contributed by atoms with Crippen LogP contribution in [-0.4, -0.2) is 71.5 Å². The van der Waals surface area contributed by atoms with Crippen molar-refractivity contribution in [1.29, 1.82) is 0 Å². The molecule has 0 bridgehead atoms. The number of nitrogens with one attached hydrogen (secondary N) is 1. The van der Waals surface area contributed by atoms with Gasteiger partial charge >= 0.3 is 0 Å². The number of amides is 1. The molecular formula is C10H21N7O. The molecule has 1 rings (SSSR count). The van der Waals surface area contributed by atoms with Crippen molar-refractivity contribution in [2.75, 3.05) is 40.8 Å². The van der Waals surface area contributed by atoms with Crippen LogP contribution in [0.3, 0.4) is 0 Å². The number of likely N-dealkylation sites (N-methyl/N-ethyl adjacent to an activating group) is 2. The van der Waals surface area contributed by atoms with Gasteiger partial charge in [-0.2, -0.15) is 0 Å². The Kier molecular flexibility index (Phi) is 5.69. The van der Waals surface area contributed by atoms with Gasteiger partial charge in [0.25, 0.3) is 5.91 Å². The Morgan fingerprint density at radius 2 is 2.11 bits per heavy atom. The molecule has 0 spiro atoms. The molecule has 0 unspecified atom stereocenters. The van der Waals surface area contributed by atoms with Gasteiger partial charge in [0.05, 0.1) is 12.7 Å². The van der Waals surface area contributed by atoms with E-state index in [0.717, 1.165) is 19.6 Å². The summed E-state index contributed by atoms with van der Waals surface area (Å²) in [6.07, 6.45) is 1.59. The monoisotopic (exact) mass is 255 g/mol. The highest BCUT2D eigenvalue weighted by Gasteiger charge is 2.09. The lowest BCUT2D eigenvalue weighted by molar-refractivity contribution is 0.0948. The van der Waals surface area contributed by atoms with Gasteiger partial charge in [0, 0.05) is 19.6 Å². The molecule has 3 N–H and O–H groups in total. The zero-order valence-electron chi connectivity index (χ0n) is 11.1. The number of hydrogen-bond acceptors (Lipinski definition) is 6. The molecule has 18 heavy (non-hydrogen) atoms. The number of nitrogens with zero attached hydrogens (tertiary/aromatic N) is 5. The van der Waals surface area contributed by atoms with Crippen LogP contribution in [-0.2, 0) is 6.54 Å². The Morgan fingerprint density at radius 3 is 2.72 bits per heavy atom. The summed E-state index contributed by atoms with van der Waals surface area (Å²) in [7, 11) is 6.14. The number of hydrazine groups is 1. The minimum Gasteiger partial charge on any atom is -0.308 e. The minimum absolute atomic E-state index is 0.230. The predicted molar refractivity (Wildman–Crippen MR) is 67.7 cm³/mol. The van der Waals surface area contributed by atoms with Crippen molar-refractivity contribution in [1.82, 2.24) is 30.2 Å². The topological polar surface area (TPSA) is 92.3 Å². The van der Waals surface area contributed by atoms with E-state index in [2.05, 4.69) is 20.1 Å². The van der Waals surface area contributed by atoms with Crippen molar-refractivity contribution >= 4 is 5.91 Å². The highest BCUT2D eigenvalue weighted by Crippen LogP contribution is 1.93. The van der Waals surface area contributed by atoms with E-state index in [1.807, 2.05) is 26.6 Å². The summed E-state index contributed by atoms with van der Waals surface area (Å²) in [5, 5.41) is 7.60. The third-order valence-corrected chi connectivity index (χ3v) is 2.54. The summed E-state index contributed by atoms with van der Waals surface area (Å²) < 4.78 is 1.64. The molecule has 1 aromatic rings. The summed E-state index contributed by atoms with van der Waals surface area (Å²) in [5.41, 5.74) is 2.25. The maximum atomic E-state index is 11.2. The Labute approximate surface area is 107 Å². The molecule has 102 valence electrons. The van der Waals surface area contributed by atoms with Gasteiger partial charge in [0.15, 0.2) is 5.69 Å². The van der Waals surface area contributed by atoms with Crippen LogP contribution >= 0.6 is 0 Å². The number of aromatic nitrogens is 3. The van der Waals surface area contributed by atoms with E-state index >= 15 is 0 Å². The summed E-state index contributed by atoms with van der Waals surface area (Å²) in [4.78, 5) is 15.5. The third-order valence-electron chi connectivity index (χ3n) is 2.54. The minimum atomic E-state index is -0.429. The van der Waals surface area contributed by atoms with Crippen molar-refractivity contribution in [3.05, 3.63) is 11.9 Å². The first kappa shape index (κ1) is 14.6. The van der Waals surface area contributed by atoms with Crippen LogP contribution in [0.25, 0.3) is 0 Å². The lowest BCUT2D eigenvalue weighted by Crippen LogP contribution is -2.31. The van der Waals surface area contributed by atoms with Gasteiger partial charge in [-0.3, -0.25) is 14.9 Å². The molecule has 0 saturated carbocycles. The summed E-state index contributed by atoms with van der Waals surface area (Å²) in [6, 6.07) is 0. The second kappa shape index (κ2) is 7.04. The maximum absolute atomic E-state index is 11.2. The van der Waals surface area contributed by atoms with E-state index < -0.39 is 5.91 Å². The quantitative estimate of drug-likeness (QED) is 0.345. The third kappa shape index (κ3) is 4.78. The van der Waals surface area contributed by atoms with Gasteiger partial charge in [-0.1, -0.05) is 5.21 Å². The Morgan fingerprint density at radius 1 is 1.39 bits per heavy atom. The van der Waals surface area contributed by atoms with Crippen LogP contribution < -0.4 is 11.3 Å². The van der Waals surface area contributed by atoms with Crippen LogP contribution in [0.4, 0.5) is 0 Å². The molecule has 1 amide bonds. The molecule has 0 saturated heterocycles. The second-order valence-electron chi connectivity index (χ2n) is 4.45. The highest BCUT2D eigenvalue weighted by atomic mass is 16.2. The van der Waals surface area contributed by atoms with Crippen molar-refractivity contribution in [2.24, 2.45) is 5.84 Å². The Bertz CT molecular complexity index is 376. The van der Waals surface area contributed by atoms with Crippen LogP contribution in [0.5, 0.6) is 0 Å². The van der Waals surface area contributed by atoms with Crippen LogP contribution in [0, 0.1) is 0 Å². The summed E-state index contributed by atoms with van der Waals surface area (Å²) in [5.74, 6) is 4.59. The average molecular weight is 255 g/mol. The Hall–Kier alpha value is -1.51. The van der Waals surface area contributed by atoms with Gasteiger partial charge in [-0.25, -0.2) is 5.84 Å². The maximum Gasteiger partial charge on any atom is 0.287 e. The van der Waals surface area contributed by atoms with E-state index in [4.69, 9.17) is 5.84 Å². The molecule has 8 heteroatoms. The first-order valence-electron chi connectivity index (χ1n) is 5.77. The second-order valence-corrected chi connectivity index (χ2v) is 4.45. The SMILES string of the molecule is CN(C)CCN(C)CCn1cc(C(=O)NN)nn1. The van der Waals surface area contributed by atoms with Crippen LogP contribution in [0.1, 0.15) is 10.5 Å². The summed E-state index contributed by atoms with van der Waals surface area (Å²) in [6.45, 7) is 3.53. The van der Waals surface area contributed by atoms with Crippen LogP contribution in [0.2, 0.25) is 0 Å². The number of hydrogen-bond donors (Lipinski definition) is 2. The van der Waals surface area contributed by atoms with Crippen LogP contribution in [0.15, 0.2) is 6.20 Å². The molecule has 0 fully saturated rings. The normalized spacial score (nSPS) is 11.2. The zero-order chi connectivity index (χ0) is 13.5. The van der Waals surface area contributed by atoms with Crippen molar-refractivity contribution < 1.29 is 4.79 Å². The van der Waals surface area contributed by atoms with E-state index in [0.29, 0.717) is 6.54 Å². The number of carbonyl (C=O) groups excluding carboxylic acids is 1. The largest absolute Gasteiger partial charge is 0.308 e. The molecule has 0 aliphatic rings. The van der Waals surface area contributed by atoms with Gasteiger partial charge in [0.2, 0.25) is 0 Å². The van der Waals surface area contributed by atoms with Gasteiger partial charge in [0.1, 0.15) is 0 Å². The van der Waals surface area contributed by atoms with E-state index in [9.17, 15) is 4.79 Å². The van der Waals surface area contributed by atoms with E-state index in [1.165, 1.54) is 0 Å². The number of nitrogens with two attached hydrogens (primary N) is 1. The van der Waals surface area contributed by atoms with Crippen molar-refractivity contribution in [2.45, 2.75) is 6.54 Å². The predicted octanol–water partition coefficient (Wildman–Crippen LogP) is -1.62. The zero-order valence-corrected chi connectivity index (χ0v) is 11.1. The molecule has 1 aromatic heterocycles. The lowest BCUT2D eigenvalue weighted by Gasteiger charge is -2.18. The Balaban J connectivity index is 2.34. The fraction of sp³-hybridized carbons (Fsp3) is 0.700. The molecule has 0 aliphatic carbocycles. The van der Waals surface area contributed by atoms with E-state index in [-0.39, 0.29) is 5.69 Å². The summed E-state index contributed by atoms with van der Waals surface area (Å²) >= 11 is 0. The highest BCUT2D eigenvalue weighted by molar-refractivity contribution is 5.91. The molecular weight excluding hydrogens is 234 g/mol. The lowest BCUT2D eigenvalue weighted by atomic mass is 10.4. The first-order chi connectivity index (χ1) is 8.52. The van der Waals surface area contributed by atoms with Gasteiger partial charge in [-0.15, -0.1) is 5.10 Å².